The van der Waals surface area contributed by atoms with E-state index in [9.17, 15) is 14.4 Å². The van der Waals surface area contributed by atoms with Crippen molar-refractivity contribution in [2.45, 2.75) is 0 Å². The van der Waals surface area contributed by atoms with Crippen LogP contribution >= 0.6 is 0 Å². The van der Waals surface area contributed by atoms with Gasteiger partial charge in [0.1, 0.15) is 5.69 Å². The molecule has 2 aromatic heterocycles. The average Bonchev–Trinajstić information content (AvgIpc) is 3.64. The Morgan fingerprint density at radius 3 is 2.05 bits per heavy atom. The molecule has 0 fully saturated rings. The van der Waals surface area contributed by atoms with E-state index in [-0.39, 0.29) is 5.76 Å². The molecule has 9 nitrogen and oxygen atoms in total. The smallest absolute Gasteiger partial charge is 0.291 e. The first-order valence-electron chi connectivity index (χ1n) is 11.3. The van der Waals surface area contributed by atoms with Gasteiger partial charge in [-0.1, -0.05) is 48.5 Å². The molecule has 0 saturated carbocycles. The second-order valence-corrected chi connectivity index (χ2v) is 7.95. The van der Waals surface area contributed by atoms with Crippen molar-refractivity contribution >= 4 is 23.4 Å². The standard InChI is InChI=1S/C28H21N5O4/c34-26(20-13-15-21(16-14-20)29-28(36)24-12-7-17-37-24)30-31-27(35)23-18-33(22-10-5-2-6-11-22)32-25(23)19-8-3-1-4-9-19/h1-18H,(H,29,36)(H,30,34)(H,31,35). The molecule has 0 saturated heterocycles. The van der Waals surface area contributed by atoms with Gasteiger partial charge >= 0.3 is 0 Å². The number of amides is 3. The van der Waals surface area contributed by atoms with Crippen LogP contribution in [0.25, 0.3) is 16.9 Å². The Bertz CT molecular complexity index is 1530. The lowest BCUT2D eigenvalue weighted by Gasteiger charge is -2.08. The van der Waals surface area contributed by atoms with E-state index >= 15 is 0 Å². The minimum Gasteiger partial charge on any atom is -0.459 e. The Morgan fingerprint density at radius 1 is 0.703 bits per heavy atom. The molecule has 5 rings (SSSR count). The predicted molar refractivity (Wildman–Crippen MR) is 137 cm³/mol. The Hall–Kier alpha value is -5.44. The third-order valence-electron chi connectivity index (χ3n) is 5.47. The number of hydrogen-bond acceptors (Lipinski definition) is 5. The van der Waals surface area contributed by atoms with Crippen LogP contribution in [0.3, 0.4) is 0 Å². The molecule has 0 spiro atoms. The Labute approximate surface area is 211 Å². The lowest BCUT2D eigenvalue weighted by Crippen LogP contribution is -2.41. The fourth-order valence-corrected chi connectivity index (χ4v) is 3.62. The number of rotatable bonds is 6. The highest BCUT2D eigenvalue weighted by Crippen LogP contribution is 2.23. The van der Waals surface area contributed by atoms with Gasteiger partial charge in [0, 0.05) is 23.0 Å². The largest absolute Gasteiger partial charge is 0.459 e. The summed E-state index contributed by atoms with van der Waals surface area (Å²) in [6, 6.07) is 28.1. The van der Waals surface area contributed by atoms with Crippen molar-refractivity contribution in [2.24, 2.45) is 0 Å². The molecule has 37 heavy (non-hydrogen) atoms. The van der Waals surface area contributed by atoms with E-state index in [1.807, 2.05) is 60.7 Å². The van der Waals surface area contributed by atoms with Crippen LogP contribution in [0.1, 0.15) is 31.3 Å². The van der Waals surface area contributed by atoms with E-state index in [1.165, 1.54) is 18.4 Å². The summed E-state index contributed by atoms with van der Waals surface area (Å²) in [5.74, 6) is -1.26. The van der Waals surface area contributed by atoms with Gasteiger partial charge in [-0.15, -0.1) is 0 Å². The average molecular weight is 492 g/mol. The fraction of sp³-hybridized carbons (Fsp3) is 0. The number of hydrogen-bond donors (Lipinski definition) is 3. The molecule has 0 atom stereocenters. The summed E-state index contributed by atoms with van der Waals surface area (Å²) in [5.41, 5.74) is 8.01. The zero-order chi connectivity index (χ0) is 25.6. The van der Waals surface area contributed by atoms with Gasteiger partial charge in [0.25, 0.3) is 17.7 Å². The van der Waals surface area contributed by atoms with Crippen molar-refractivity contribution in [2.75, 3.05) is 5.32 Å². The highest BCUT2D eigenvalue weighted by atomic mass is 16.3. The lowest BCUT2D eigenvalue weighted by molar-refractivity contribution is 0.0847. The zero-order valence-corrected chi connectivity index (χ0v) is 19.4. The van der Waals surface area contributed by atoms with Crippen LogP contribution in [0.2, 0.25) is 0 Å². The number of furan rings is 1. The first-order valence-corrected chi connectivity index (χ1v) is 11.3. The molecule has 3 aromatic carbocycles. The van der Waals surface area contributed by atoms with Crippen LogP contribution in [-0.2, 0) is 0 Å². The van der Waals surface area contributed by atoms with Gasteiger partial charge in [0.05, 0.1) is 17.5 Å². The topological polar surface area (TPSA) is 118 Å². The summed E-state index contributed by atoms with van der Waals surface area (Å²) in [4.78, 5) is 37.8. The number of carbonyl (C=O) groups excluding carboxylic acids is 3. The van der Waals surface area contributed by atoms with Gasteiger partial charge in [-0.25, -0.2) is 4.68 Å². The third-order valence-corrected chi connectivity index (χ3v) is 5.47. The van der Waals surface area contributed by atoms with Crippen LogP contribution in [0.15, 0.2) is 114 Å². The van der Waals surface area contributed by atoms with Crippen LogP contribution in [0.4, 0.5) is 5.69 Å². The van der Waals surface area contributed by atoms with E-state index in [0.29, 0.717) is 22.5 Å². The monoisotopic (exact) mass is 491 g/mol. The van der Waals surface area contributed by atoms with Crippen molar-refractivity contribution in [1.82, 2.24) is 20.6 Å². The van der Waals surface area contributed by atoms with Crippen molar-refractivity contribution in [3.8, 4) is 16.9 Å². The normalized spacial score (nSPS) is 10.5. The molecule has 0 bridgehead atoms. The Balaban J connectivity index is 1.28. The number of hydrazine groups is 1. The number of carbonyl (C=O) groups is 3. The molecule has 0 radical (unpaired) electrons. The second kappa shape index (κ2) is 10.4. The molecular formula is C28H21N5O4. The summed E-state index contributed by atoms with van der Waals surface area (Å²) in [6.45, 7) is 0. The van der Waals surface area contributed by atoms with Crippen molar-refractivity contribution in [1.29, 1.82) is 0 Å². The van der Waals surface area contributed by atoms with E-state index in [0.717, 1.165) is 11.3 Å². The number of aromatic nitrogens is 2. The fourth-order valence-electron chi connectivity index (χ4n) is 3.62. The highest BCUT2D eigenvalue weighted by Gasteiger charge is 2.19. The van der Waals surface area contributed by atoms with Crippen molar-refractivity contribution in [3.63, 3.8) is 0 Å². The number of benzene rings is 3. The minimum absolute atomic E-state index is 0.176. The van der Waals surface area contributed by atoms with Crippen LogP contribution in [0, 0.1) is 0 Å². The maximum absolute atomic E-state index is 13.1. The number of nitrogens with zero attached hydrogens (tertiary/aromatic N) is 2. The summed E-state index contributed by atoms with van der Waals surface area (Å²) in [7, 11) is 0. The number of nitrogens with one attached hydrogen (secondary N) is 3. The summed E-state index contributed by atoms with van der Waals surface area (Å²) >= 11 is 0. The molecule has 9 heteroatoms. The first-order chi connectivity index (χ1) is 18.1. The number of para-hydroxylation sites is 1. The van der Waals surface area contributed by atoms with Gasteiger partial charge in [-0.2, -0.15) is 5.10 Å². The number of anilines is 1. The summed E-state index contributed by atoms with van der Waals surface area (Å²) in [5, 5.41) is 7.29. The van der Waals surface area contributed by atoms with Crippen molar-refractivity contribution in [3.05, 3.63) is 126 Å². The third kappa shape index (κ3) is 5.30. The Morgan fingerprint density at radius 2 is 1.38 bits per heavy atom. The molecule has 0 unspecified atom stereocenters. The first kappa shape index (κ1) is 23.3. The maximum Gasteiger partial charge on any atom is 0.291 e. The molecule has 0 aliphatic heterocycles. The van der Waals surface area contributed by atoms with E-state index in [1.54, 1.807) is 35.1 Å². The van der Waals surface area contributed by atoms with Gasteiger partial charge in [0.15, 0.2) is 5.76 Å². The van der Waals surface area contributed by atoms with Gasteiger partial charge in [0.2, 0.25) is 0 Å². The molecule has 3 amide bonds. The van der Waals surface area contributed by atoms with E-state index < -0.39 is 17.7 Å². The SMILES string of the molecule is O=C(NNC(=O)c1cn(-c2ccccc2)nc1-c1ccccc1)c1ccc(NC(=O)c2ccco2)cc1. The van der Waals surface area contributed by atoms with Crippen LogP contribution in [0.5, 0.6) is 0 Å². The maximum atomic E-state index is 13.1. The second-order valence-electron chi connectivity index (χ2n) is 7.95. The predicted octanol–water partition coefficient (Wildman–Crippen LogP) is 4.46. The molecule has 0 aliphatic carbocycles. The van der Waals surface area contributed by atoms with Gasteiger partial charge in [-0.05, 0) is 48.5 Å². The molecule has 2 heterocycles. The Kier molecular flexibility index (Phi) is 6.58. The van der Waals surface area contributed by atoms with Crippen LogP contribution < -0.4 is 16.2 Å². The molecule has 182 valence electrons. The highest BCUT2D eigenvalue weighted by molar-refractivity contribution is 6.04. The summed E-state index contributed by atoms with van der Waals surface area (Å²) in [6.07, 6.45) is 3.03. The minimum atomic E-state index is -0.519. The molecule has 3 N–H and O–H groups in total. The van der Waals surface area contributed by atoms with E-state index in [4.69, 9.17) is 4.42 Å². The summed E-state index contributed by atoms with van der Waals surface area (Å²) < 4.78 is 6.68. The molecular weight excluding hydrogens is 470 g/mol. The molecule has 0 aliphatic rings. The quantitative estimate of drug-likeness (QED) is 0.303. The lowest BCUT2D eigenvalue weighted by atomic mass is 10.1. The van der Waals surface area contributed by atoms with E-state index in [2.05, 4.69) is 21.3 Å². The van der Waals surface area contributed by atoms with Gasteiger partial charge < -0.3 is 9.73 Å². The molecule has 5 aromatic rings. The van der Waals surface area contributed by atoms with Crippen LogP contribution in [-0.4, -0.2) is 27.5 Å². The zero-order valence-electron chi connectivity index (χ0n) is 19.4. The van der Waals surface area contributed by atoms with Gasteiger partial charge in [-0.3, -0.25) is 25.2 Å². The van der Waals surface area contributed by atoms with Crippen molar-refractivity contribution < 1.29 is 18.8 Å².